The molecule has 76 valence electrons. The van der Waals surface area contributed by atoms with Crippen molar-refractivity contribution in [2.45, 2.75) is 33.1 Å². The minimum absolute atomic E-state index is 0.416. The molecule has 0 bridgehead atoms. The van der Waals surface area contributed by atoms with Crippen LogP contribution in [0.25, 0.3) is 0 Å². The predicted molar refractivity (Wildman–Crippen MR) is 57.7 cm³/mol. The molecule has 0 amide bonds. The van der Waals surface area contributed by atoms with Gasteiger partial charge in [0.2, 0.25) is 0 Å². The largest absolute Gasteiger partial charge is 0.356 e. The zero-order valence-electron chi connectivity index (χ0n) is 9.12. The van der Waals surface area contributed by atoms with Crippen LogP contribution in [0, 0.1) is 0 Å². The van der Waals surface area contributed by atoms with Crippen LogP contribution in [0.5, 0.6) is 0 Å². The van der Waals surface area contributed by atoms with Crippen molar-refractivity contribution in [3.63, 3.8) is 0 Å². The van der Waals surface area contributed by atoms with Gasteiger partial charge in [-0.05, 0) is 13.3 Å². The van der Waals surface area contributed by atoms with Gasteiger partial charge in [0.25, 0.3) is 0 Å². The first-order valence-electron chi connectivity index (χ1n) is 5.33. The normalized spacial score (nSPS) is 15.0. The first kappa shape index (κ1) is 9.44. The molecule has 0 spiro atoms. The first-order valence-corrected chi connectivity index (χ1v) is 5.33. The standard InChI is InChI=1S/C11H17N3/c1-4-14-6-5-9-7-12-10(8(2)3)13-11(9)14/h7-8H,4-6H2,1-3H3. The van der Waals surface area contributed by atoms with E-state index in [4.69, 9.17) is 0 Å². The van der Waals surface area contributed by atoms with Gasteiger partial charge in [-0.2, -0.15) is 0 Å². The van der Waals surface area contributed by atoms with Gasteiger partial charge in [0, 0.05) is 30.8 Å². The lowest BCUT2D eigenvalue weighted by Gasteiger charge is -2.16. The van der Waals surface area contributed by atoms with Crippen molar-refractivity contribution in [1.82, 2.24) is 9.97 Å². The molecular weight excluding hydrogens is 174 g/mol. The van der Waals surface area contributed by atoms with Crippen LogP contribution >= 0.6 is 0 Å². The SMILES string of the molecule is CCN1CCc2cnc(C(C)C)nc21. The zero-order chi connectivity index (χ0) is 10.1. The first-order chi connectivity index (χ1) is 6.72. The Morgan fingerprint density at radius 2 is 2.29 bits per heavy atom. The maximum absolute atomic E-state index is 4.62. The molecule has 3 heteroatoms. The summed E-state index contributed by atoms with van der Waals surface area (Å²) in [5.41, 5.74) is 1.30. The van der Waals surface area contributed by atoms with Crippen molar-refractivity contribution < 1.29 is 0 Å². The molecule has 0 radical (unpaired) electrons. The Balaban J connectivity index is 2.37. The summed E-state index contributed by atoms with van der Waals surface area (Å²) < 4.78 is 0. The van der Waals surface area contributed by atoms with E-state index in [1.54, 1.807) is 0 Å². The third kappa shape index (κ3) is 1.47. The van der Waals surface area contributed by atoms with E-state index in [1.165, 1.54) is 5.56 Å². The second-order valence-corrected chi connectivity index (χ2v) is 4.06. The van der Waals surface area contributed by atoms with Crippen LogP contribution in [0.4, 0.5) is 5.82 Å². The fourth-order valence-electron chi connectivity index (χ4n) is 1.81. The van der Waals surface area contributed by atoms with Crippen LogP contribution in [0.2, 0.25) is 0 Å². The number of rotatable bonds is 2. The third-order valence-electron chi connectivity index (χ3n) is 2.71. The molecule has 0 unspecified atom stereocenters. The summed E-state index contributed by atoms with van der Waals surface area (Å²) in [6.45, 7) is 8.58. The number of likely N-dealkylation sites (N-methyl/N-ethyl adjacent to an activating group) is 1. The van der Waals surface area contributed by atoms with Crippen molar-refractivity contribution in [3.8, 4) is 0 Å². The van der Waals surface area contributed by atoms with Crippen molar-refractivity contribution >= 4 is 5.82 Å². The van der Waals surface area contributed by atoms with E-state index in [1.807, 2.05) is 6.20 Å². The molecule has 0 N–H and O–H groups in total. The summed E-state index contributed by atoms with van der Waals surface area (Å²) >= 11 is 0. The number of hydrogen-bond donors (Lipinski definition) is 0. The summed E-state index contributed by atoms with van der Waals surface area (Å²) in [5, 5.41) is 0. The number of nitrogens with zero attached hydrogens (tertiary/aromatic N) is 3. The van der Waals surface area contributed by atoms with Crippen molar-refractivity contribution in [2.75, 3.05) is 18.0 Å². The molecule has 0 atom stereocenters. The van der Waals surface area contributed by atoms with Crippen molar-refractivity contribution in [2.24, 2.45) is 0 Å². The molecule has 0 fully saturated rings. The molecule has 0 saturated carbocycles. The molecule has 0 aromatic carbocycles. The summed E-state index contributed by atoms with van der Waals surface area (Å²) in [6, 6.07) is 0. The Bertz CT molecular complexity index is 333. The fourth-order valence-corrected chi connectivity index (χ4v) is 1.81. The number of hydrogen-bond acceptors (Lipinski definition) is 3. The van der Waals surface area contributed by atoms with Gasteiger partial charge >= 0.3 is 0 Å². The molecule has 1 aromatic heterocycles. The summed E-state index contributed by atoms with van der Waals surface area (Å²) in [4.78, 5) is 11.3. The van der Waals surface area contributed by atoms with E-state index in [0.29, 0.717) is 5.92 Å². The maximum Gasteiger partial charge on any atom is 0.135 e. The van der Waals surface area contributed by atoms with Gasteiger partial charge in [0.05, 0.1) is 0 Å². The van der Waals surface area contributed by atoms with Gasteiger partial charge in [0.15, 0.2) is 0 Å². The van der Waals surface area contributed by atoms with Crippen LogP contribution in [-0.4, -0.2) is 23.1 Å². The van der Waals surface area contributed by atoms with E-state index in [0.717, 1.165) is 31.2 Å². The Kier molecular flexibility index (Phi) is 2.40. The highest BCUT2D eigenvalue weighted by Gasteiger charge is 2.20. The molecule has 0 aliphatic carbocycles. The highest BCUT2D eigenvalue weighted by Crippen LogP contribution is 2.25. The van der Waals surface area contributed by atoms with Crippen molar-refractivity contribution in [1.29, 1.82) is 0 Å². The second kappa shape index (κ2) is 3.56. The Hall–Kier alpha value is -1.12. The molecule has 1 aliphatic heterocycles. The van der Waals surface area contributed by atoms with Crippen LogP contribution in [-0.2, 0) is 6.42 Å². The lowest BCUT2D eigenvalue weighted by Crippen LogP contribution is -2.20. The predicted octanol–water partition coefficient (Wildman–Crippen LogP) is 1.98. The Morgan fingerprint density at radius 3 is 2.93 bits per heavy atom. The number of fused-ring (bicyclic) bond motifs is 1. The van der Waals surface area contributed by atoms with Gasteiger partial charge in [-0.3, -0.25) is 0 Å². The van der Waals surface area contributed by atoms with Gasteiger partial charge in [-0.15, -0.1) is 0 Å². The molecule has 0 saturated heterocycles. The second-order valence-electron chi connectivity index (χ2n) is 4.06. The monoisotopic (exact) mass is 191 g/mol. The highest BCUT2D eigenvalue weighted by atomic mass is 15.2. The molecule has 3 nitrogen and oxygen atoms in total. The average molecular weight is 191 g/mol. The van der Waals surface area contributed by atoms with Gasteiger partial charge < -0.3 is 4.90 Å². The molecule has 2 heterocycles. The van der Waals surface area contributed by atoms with Crippen LogP contribution in [0.3, 0.4) is 0 Å². The Morgan fingerprint density at radius 1 is 1.50 bits per heavy atom. The molecule has 1 aliphatic rings. The number of anilines is 1. The third-order valence-corrected chi connectivity index (χ3v) is 2.71. The molecule has 1 aromatic rings. The Labute approximate surface area is 85.2 Å². The van der Waals surface area contributed by atoms with Crippen LogP contribution in [0.1, 0.15) is 38.1 Å². The van der Waals surface area contributed by atoms with Crippen LogP contribution < -0.4 is 4.90 Å². The lowest BCUT2D eigenvalue weighted by molar-refractivity contribution is 0.766. The summed E-state index contributed by atoms with van der Waals surface area (Å²) in [6.07, 6.45) is 3.09. The minimum Gasteiger partial charge on any atom is -0.356 e. The highest BCUT2D eigenvalue weighted by molar-refractivity contribution is 5.50. The maximum atomic E-state index is 4.62. The number of aromatic nitrogens is 2. The van der Waals surface area contributed by atoms with Gasteiger partial charge in [-0.1, -0.05) is 13.8 Å². The van der Waals surface area contributed by atoms with Gasteiger partial charge in [-0.25, -0.2) is 9.97 Å². The van der Waals surface area contributed by atoms with E-state index in [2.05, 4.69) is 35.6 Å². The van der Waals surface area contributed by atoms with E-state index in [9.17, 15) is 0 Å². The lowest BCUT2D eigenvalue weighted by atomic mass is 10.2. The molecular formula is C11H17N3. The minimum atomic E-state index is 0.416. The quantitative estimate of drug-likeness (QED) is 0.715. The zero-order valence-corrected chi connectivity index (χ0v) is 9.12. The van der Waals surface area contributed by atoms with Crippen LogP contribution in [0.15, 0.2) is 6.20 Å². The molecule has 14 heavy (non-hydrogen) atoms. The van der Waals surface area contributed by atoms with E-state index in [-0.39, 0.29) is 0 Å². The van der Waals surface area contributed by atoms with E-state index >= 15 is 0 Å². The fraction of sp³-hybridized carbons (Fsp3) is 0.636. The average Bonchev–Trinajstić information content (AvgIpc) is 2.59. The summed E-state index contributed by atoms with van der Waals surface area (Å²) in [5.74, 6) is 2.54. The summed E-state index contributed by atoms with van der Waals surface area (Å²) in [7, 11) is 0. The van der Waals surface area contributed by atoms with Crippen molar-refractivity contribution in [3.05, 3.63) is 17.6 Å². The molecule has 2 rings (SSSR count). The van der Waals surface area contributed by atoms with Gasteiger partial charge in [0.1, 0.15) is 11.6 Å². The van der Waals surface area contributed by atoms with E-state index < -0.39 is 0 Å². The topological polar surface area (TPSA) is 29.0 Å². The smallest absolute Gasteiger partial charge is 0.135 e.